The molecule has 0 aliphatic carbocycles. The molecule has 0 saturated carbocycles. The Labute approximate surface area is 318 Å². The first-order chi connectivity index (χ1) is 27.2. The molecule has 3 nitrogen and oxygen atoms in total. The minimum atomic E-state index is 0.702. The molecule has 0 bridgehead atoms. The van der Waals surface area contributed by atoms with E-state index in [1.807, 2.05) is 24.3 Å². The Morgan fingerprint density at radius 1 is 0.327 bits per heavy atom. The van der Waals surface area contributed by atoms with Gasteiger partial charge in [0.15, 0.2) is 5.82 Å². The van der Waals surface area contributed by atoms with Crippen LogP contribution in [0.5, 0.6) is 0 Å². The van der Waals surface area contributed by atoms with Crippen LogP contribution in [-0.2, 0) is 0 Å². The Kier molecular flexibility index (Phi) is 7.17. The first kappa shape index (κ1) is 31.2. The fraction of sp³-hybridized carbons (Fsp3) is 0. The van der Waals surface area contributed by atoms with Crippen molar-refractivity contribution in [1.29, 1.82) is 0 Å². The van der Waals surface area contributed by atoms with Crippen LogP contribution in [-0.4, -0.2) is 14.5 Å². The summed E-state index contributed by atoms with van der Waals surface area (Å²) in [6.45, 7) is 0. The molecule has 256 valence electrons. The van der Waals surface area contributed by atoms with Crippen molar-refractivity contribution in [3.05, 3.63) is 200 Å². The SMILES string of the molecule is c1ccc(-c2cc(-n3c4ccccc4c4c5ccc(-c6ccc7ccc(-c8cccc9ccccc89)cc7c6)cc5ccc43)nc(-c3ccccc3)n2)cc1. The molecule has 0 radical (unpaired) electrons. The van der Waals surface area contributed by atoms with E-state index >= 15 is 0 Å². The molecule has 0 fully saturated rings. The van der Waals surface area contributed by atoms with Gasteiger partial charge in [-0.25, -0.2) is 9.97 Å². The number of fused-ring (bicyclic) bond motifs is 7. The van der Waals surface area contributed by atoms with E-state index in [0.29, 0.717) is 5.82 Å². The van der Waals surface area contributed by atoms with Gasteiger partial charge in [0, 0.05) is 28.0 Å². The molecule has 0 aliphatic rings. The van der Waals surface area contributed by atoms with Crippen molar-refractivity contribution in [3.63, 3.8) is 0 Å². The first-order valence-corrected chi connectivity index (χ1v) is 18.7. The number of hydrogen-bond donors (Lipinski definition) is 0. The predicted molar refractivity (Wildman–Crippen MR) is 231 cm³/mol. The Hall–Kier alpha value is -7.36. The molecule has 0 atom stereocenters. The molecular weight excluding hydrogens is 667 g/mol. The monoisotopic (exact) mass is 699 g/mol. The Morgan fingerprint density at radius 2 is 0.964 bits per heavy atom. The standard InChI is InChI=1S/C52H33N3/c1-3-13-36(14-4-1)47-33-50(54-52(53-47)37-15-5-2-6-16-37)55-48-21-10-9-19-46(48)51-45-28-26-39(30-41(45)27-29-49(51)55)38-24-22-34-23-25-40(32-42(34)31-38)44-20-11-17-35-12-7-8-18-43(35)44/h1-33H. The van der Waals surface area contributed by atoms with Crippen LogP contribution in [0.2, 0.25) is 0 Å². The summed E-state index contributed by atoms with van der Waals surface area (Å²) in [7, 11) is 0. The lowest BCUT2D eigenvalue weighted by Gasteiger charge is -2.12. The molecule has 2 heterocycles. The summed E-state index contributed by atoms with van der Waals surface area (Å²) < 4.78 is 2.30. The maximum absolute atomic E-state index is 5.22. The van der Waals surface area contributed by atoms with Crippen LogP contribution in [0.4, 0.5) is 0 Å². The average molecular weight is 700 g/mol. The van der Waals surface area contributed by atoms with Gasteiger partial charge >= 0.3 is 0 Å². The second-order valence-corrected chi connectivity index (χ2v) is 14.2. The summed E-state index contributed by atoms with van der Waals surface area (Å²) in [5.41, 5.74) is 10.0. The molecular formula is C52H33N3. The molecule has 0 unspecified atom stereocenters. The van der Waals surface area contributed by atoms with Crippen molar-refractivity contribution >= 4 is 54.1 Å². The molecule has 0 N–H and O–H groups in total. The van der Waals surface area contributed by atoms with Gasteiger partial charge in [-0.05, 0) is 84.9 Å². The van der Waals surface area contributed by atoms with E-state index in [0.717, 1.165) is 33.7 Å². The van der Waals surface area contributed by atoms with E-state index in [1.165, 1.54) is 65.3 Å². The van der Waals surface area contributed by atoms with Crippen molar-refractivity contribution in [2.45, 2.75) is 0 Å². The topological polar surface area (TPSA) is 30.7 Å². The van der Waals surface area contributed by atoms with Crippen molar-refractivity contribution in [2.24, 2.45) is 0 Å². The molecule has 11 aromatic rings. The van der Waals surface area contributed by atoms with E-state index in [2.05, 4.69) is 180 Å². The fourth-order valence-corrected chi connectivity index (χ4v) is 8.32. The Balaban J connectivity index is 1.06. The third-order valence-corrected chi connectivity index (χ3v) is 11.0. The Bertz CT molecular complexity index is 3190. The fourth-order valence-electron chi connectivity index (χ4n) is 8.32. The van der Waals surface area contributed by atoms with Crippen LogP contribution in [0.3, 0.4) is 0 Å². The van der Waals surface area contributed by atoms with Crippen LogP contribution in [0, 0.1) is 0 Å². The minimum Gasteiger partial charge on any atom is -0.294 e. The zero-order chi connectivity index (χ0) is 36.3. The second kappa shape index (κ2) is 12.6. The molecule has 0 aliphatic heterocycles. The molecule has 0 saturated heterocycles. The summed E-state index contributed by atoms with van der Waals surface area (Å²) in [5.74, 6) is 1.54. The third kappa shape index (κ3) is 5.28. The molecule has 11 rings (SSSR count). The number of rotatable bonds is 5. The highest BCUT2D eigenvalue weighted by molar-refractivity contribution is 6.21. The number of nitrogens with zero attached hydrogens (tertiary/aromatic N) is 3. The van der Waals surface area contributed by atoms with Gasteiger partial charge < -0.3 is 0 Å². The minimum absolute atomic E-state index is 0.702. The molecule has 0 spiro atoms. The highest BCUT2D eigenvalue weighted by Crippen LogP contribution is 2.39. The zero-order valence-electron chi connectivity index (χ0n) is 29.9. The molecule has 55 heavy (non-hydrogen) atoms. The first-order valence-electron chi connectivity index (χ1n) is 18.7. The lowest BCUT2D eigenvalue weighted by atomic mass is 9.94. The smallest absolute Gasteiger partial charge is 0.162 e. The summed E-state index contributed by atoms with van der Waals surface area (Å²) in [6, 6.07) is 71.7. The second-order valence-electron chi connectivity index (χ2n) is 14.2. The number of benzene rings is 9. The predicted octanol–water partition coefficient (Wildman–Crippen LogP) is 13.7. The van der Waals surface area contributed by atoms with Gasteiger partial charge in [-0.3, -0.25) is 4.57 Å². The lowest BCUT2D eigenvalue weighted by Crippen LogP contribution is -2.02. The average Bonchev–Trinajstić information content (AvgIpc) is 3.61. The van der Waals surface area contributed by atoms with E-state index < -0.39 is 0 Å². The summed E-state index contributed by atoms with van der Waals surface area (Å²) in [6.07, 6.45) is 0. The van der Waals surface area contributed by atoms with Crippen LogP contribution in [0.25, 0.3) is 105 Å². The van der Waals surface area contributed by atoms with Crippen LogP contribution >= 0.6 is 0 Å². The van der Waals surface area contributed by atoms with Gasteiger partial charge in [0.1, 0.15) is 5.82 Å². The third-order valence-electron chi connectivity index (χ3n) is 11.0. The zero-order valence-corrected chi connectivity index (χ0v) is 29.9. The highest BCUT2D eigenvalue weighted by atomic mass is 15.1. The van der Waals surface area contributed by atoms with Crippen molar-refractivity contribution in [2.75, 3.05) is 0 Å². The lowest BCUT2D eigenvalue weighted by molar-refractivity contribution is 1.05. The number of para-hydroxylation sites is 1. The van der Waals surface area contributed by atoms with Crippen LogP contribution in [0.1, 0.15) is 0 Å². The van der Waals surface area contributed by atoms with E-state index in [1.54, 1.807) is 0 Å². The number of aromatic nitrogens is 3. The number of hydrogen-bond acceptors (Lipinski definition) is 2. The van der Waals surface area contributed by atoms with Gasteiger partial charge in [0.25, 0.3) is 0 Å². The van der Waals surface area contributed by atoms with Crippen molar-refractivity contribution < 1.29 is 0 Å². The van der Waals surface area contributed by atoms with E-state index in [9.17, 15) is 0 Å². The molecule has 0 amide bonds. The van der Waals surface area contributed by atoms with E-state index in [-0.39, 0.29) is 0 Å². The molecule has 2 aromatic heterocycles. The van der Waals surface area contributed by atoms with Crippen molar-refractivity contribution in [1.82, 2.24) is 14.5 Å². The maximum Gasteiger partial charge on any atom is 0.162 e. The molecule has 3 heteroatoms. The quantitative estimate of drug-likeness (QED) is 0.179. The molecule has 9 aromatic carbocycles. The van der Waals surface area contributed by atoms with E-state index in [4.69, 9.17) is 9.97 Å². The van der Waals surface area contributed by atoms with Gasteiger partial charge in [-0.1, -0.05) is 164 Å². The highest BCUT2D eigenvalue weighted by Gasteiger charge is 2.18. The normalized spacial score (nSPS) is 11.6. The van der Waals surface area contributed by atoms with Crippen molar-refractivity contribution in [3.8, 4) is 50.7 Å². The van der Waals surface area contributed by atoms with Crippen LogP contribution in [0.15, 0.2) is 200 Å². The maximum atomic E-state index is 5.22. The Morgan fingerprint density at radius 3 is 1.80 bits per heavy atom. The summed E-state index contributed by atoms with van der Waals surface area (Å²) >= 11 is 0. The summed E-state index contributed by atoms with van der Waals surface area (Å²) in [5, 5.41) is 9.84. The van der Waals surface area contributed by atoms with Gasteiger partial charge in [0.2, 0.25) is 0 Å². The largest absolute Gasteiger partial charge is 0.294 e. The summed E-state index contributed by atoms with van der Waals surface area (Å²) in [4.78, 5) is 10.3. The van der Waals surface area contributed by atoms with Gasteiger partial charge in [-0.2, -0.15) is 0 Å². The van der Waals surface area contributed by atoms with Crippen LogP contribution < -0.4 is 0 Å². The van der Waals surface area contributed by atoms with Gasteiger partial charge in [-0.15, -0.1) is 0 Å². The van der Waals surface area contributed by atoms with Gasteiger partial charge in [0.05, 0.1) is 16.7 Å².